The van der Waals surface area contributed by atoms with Crippen LogP contribution in [0.5, 0.6) is 5.75 Å². The van der Waals surface area contributed by atoms with Crippen molar-refractivity contribution in [2.24, 2.45) is 7.05 Å². The lowest BCUT2D eigenvalue weighted by molar-refractivity contribution is -0.143. The van der Waals surface area contributed by atoms with E-state index in [2.05, 4.69) is 10.4 Å². The van der Waals surface area contributed by atoms with Gasteiger partial charge in [0.2, 0.25) is 5.95 Å². The first-order chi connectivity index (χ1) is 15.4. The Morgan fingerprint density at radius 2 is 1.84 bits per heavy atom. The van der Waals surface area contributed by atoms with Crippen molar-refractivity contribution in [2.45, 2.75) is 11.4 Å². The largest absolute Gasteiger partial charge is 0.497 e. The number of alkyl halides is 1. The summed E-state index contributed by atoms with van der Waals surface area (Å²) in [4.78, 5) is 29.9. The highest BCUT2D eigenvalue weighted by Crippen LogP contribution is 2.41. The number of β-lactam (4-membered cyclic amide) rings is 1. The lowest BCUT2D eigenvalue weighted by atomic mass is 9.95. The highest BCUT2D eigenvalue weighted by Gasteiger charge is 2.49. The third-order valence-electron chi connectivity index (χ3n) is 5.24. The third kappa shape index (κ3) is 3.55. The average molecular weight is 470 g/mol. The number of aromatic nitrogens is 2. The minimum Gasteiger partial charge on any atom is -0.497 e. The van der Waals surface area contributed by atoms with Gasteiger partial charge in [0, 0.05) is 17.6 Å². The van der Waals surface area contributed by atoms with Gasteiger partial charge < -0.3 is 4.74 Å². The number of hydrogen-bond acceptors (Lipinski definition) is 6. The Balaban J connectivity index is 1.76. The molecule has 2 aromatic carbocycles. The van der Waals surface area contributed by atoms with Gasteiger partial charge in [0.05, 0.1) is 12.8 Å². The van der Waals surface area contributed by atoms with E-state index in [1.165, 1.54) is 23.7 Å². The monoisotopic (exact) mass is 469 g/mol. The van der Waals surface area contributed by atoms with Crippen LogP contribution in [0.3, 0.4) is 0 Å². The summed E-state index contributed by atoms with van der Waals surface area (Å²) in [5, 5.41) is 10.5. The molecule has 1 aliphatic heterocycles. The van der Waals surface area contributed by atoms with Crippen LogP contribution in [0.25, 0.3) is 11.3 Å². The van der Waals surface area contributed by atoms with Crippen molar-refractivity contribution in [3.63, 3.8) is 0 Å². The Hall–Kier alpha value is -3.54. The molecule has 1 aromatic heterocycles. The van der Waals surface area contributed by atoms with E-state index in [1.807, 2.05) is 6.07 Å². The second-order valence-electron chi connectivity index (χ2n) is 7.05. The van der Waals surface area contributed by atoms with E-state index >= 15 is 0 Å². The smallest absolute Gasteiger partial charge is 0.273 e. The van der Waals surface area contributed by atoms with Crippen molar-refractivity contribution in [1.82, 2.24) is 14.6 Å². The number of benzene rings is 2. The molecule has 1 fully saturated rings. The number of nitrogens with one attached hydrogen (secondary N) is 1. The number of carbonyl (C=O) groups is 1. The molecule has 162 valence electrons. The summed E-state index contributed by atoms with van der Waals surface area (Å²) in [6.45, 7) is 0. The first-order valence-electron chi connectivity index (χ1n) is 9.51. The maximum Gasteiger partial charge on any atom is 0.273 e. The van der Waals surface area contributed by atoms with E-state index in [-0.39, 0.29) is 23.1 Å². The fourth-order valence-electron chi connectivity index (χ4n) is 3.46. The summed E-state index contributed by atoms with van der Waals surface area (Å²) in [6, 6.07) is 15.2. The predicted molar refractivity (Wildman–Crippen MR) is 120 cm³/mol. The van der Waals surface area contributed by atoms with Crippen LogP contribution < -0.4 is 15.7 Å². The second kappa shape index (κ2) is 8.54. The van der Waals surface area contributed by atoms with Gasteiger partial charge in [-0.05, 0) is 35.9 Å². The second-order valence-corrected chi connectivity index (χ2v) is 7.93. The van der Waals surface area contributed by atoms with Crippen LogP contribution >= 0.6 is 23.2 Å². The van der Waals surface area contributed by atoms with Crippen LogP contribution in [-0.4, -0.2) is 33.0 Å². The molecule has 0 bridgehead atoms. The van der Waals surface area contributed by atoms with Gasteiger partial charge in [0.1, 0.15) is 28.8 Å². The molecule has 32 heavy (non-hydrogen) atoms. The number of ether oxygens (including phenoxy) is 1. The number of carbonyl (C=O) groups excluding carboxylic acids is 1. The number of nitriles is 1. The summed E-state index contributed by atoms with van der Waals surface area (Å²) in [5.74, 6) is 0.311. The highest BCUT2D eigenvalue weighted by molar-refractivity contribution is 6.35. The first kappa shape index (κ1) is 21.7. The Labute approximate surface area is 193 Å². The van der Waals surface area contributed by atoms with Gasteiger partial charge in [0.15, 0.2) is 0 Å². The van der Waals surface area contributed by atoms with Gasteiger partial charge in [-0.1, -0.05) is 29.8 Å². The number of nitrogens with zero attached hydrogens (tertiary/aromatic N) is 4. The third-order valence-corrected chi connectivity index (χ3v) is 6.01. The molecular weight excluding hydrogens is 453 g/mol. The van der Waals surface area contributed by atoms with Gasteiger partial charge in [-0.3, -0.25) is 19.6 Å². The molecule has 4 rings (SSSR count). The summed E-state index contributed by atoms with van der Waals surface area (Å²) >= 11 is 12.6. The van der Waals surface area contributed by atoms with Gasteiger partial charge in [0.25, 0.3) is 11.5 Å². The van der Waals surface area contributed by atoms with Crippen LogP contribution in [0, 0.1) is 11.3 Å². The average Bonchev–Trinajstić information content (AvgIpc) is 2.82. The summed E-state index contributed by atoms with van der Waals surface area (Å²) in [6.07, 6.45) is 0. The van der Waals surface area contributed by atoms with Crippen LogP contribution in [0.2, 0.25) is 5.02 Å². The van der Waals surface area contributed by atoms with Crippen molar-refractivity contribution < 1.29 is 9.53 Å². The van der Waals surface area contributed by atoms with Gasteiger partial charge in [-0.2, -0.15) is 5.26 Å². The van der Waals surface area contributed by atoms with E-state index in [1.54, 1.807) is 48.5 Å². The molecule has 0 aliphatic carbocycles. The highest BCUT2D eigenvalue weighted by atomic mass is 35.5. The zero-order valence-corrected chi connectivity index (χ0v) is 18.6. The Morgan fingerprint density at radius 1 is 1.16 bits per heavy atom. The molecule has 2 unspecified atom stereocenters. The topological polar surface area (TPSA) is 100 Å². The zero-order chi connectivity index (χ0) is 23.0. The molecule has 8 nitrogen and oxygen atoms in total. The molecule has 3 aromatic rings. The van der Waals surface area contributed by atoms with Gasteiger partial charge in [-0.15, -0.1) is 11.6 Å². The lowest BCUT2D eigenvalue weighted by Crippen LogP contribution is -2.59. The number of hydrazine groups is 1. The summed E-state index contributed by atoms with van der Waals surface area (Å²) in [5.41, 5.74) is 3.62. The number of halogens is 2. The Kier molecular flexibility index (Phi) is 5.78. The standard InChI is InChI=1S/C22H17Cl2N5O3/c1-28-20(30)15(11-25)18(12-7-9-13(32-2)10-8-12)26-22(28)27-29-19(17(24)21(29)31)14-5-3-4-6-16(14)23/h3-10,17,19H,1-2H3,(H,26,27). The van der Waals surface area contributed by atoms with Crippen molar-refractivity contribution in [2.75, 3.05) is 12.5 Å². The minimum absolute atomic E-state index is 0.0776. The quantitative estimate of drug-likeness (QED) is 0.453. The fraction of sp³-hybridized carbons (Fsp3) is 0.182. The van der Waals surface area contributed by atoms with Crippen LogP contribution in [0.1, 0.15) is 17.2 Å². The minimum atomic E-state index is -0.820. The molecule has 10 heteroatoms. The molecule has 1 amide bonds. The first-order valence-corrected chi connectivity index (χ1v) is 10.3. The SMILES string of the molecule is COc1ccc(-c2nc(NN3C(=O)C(Cl)C3c3ccccc3Cl)n(C)c(=O)c2C#N)cc1. The molecule has 0 saturated carbocycles. The van der Waals surface area contributed by atoms with Gasteiger partial charge >= 0.3 is 0 Å². The molecule has 1 saturated heterocycles. The summed E-state index contributed by atoms with van der Waals surface area (Å²) < 4.78 is 6.33. The number of anilines is 1. The van der Waals surface area contributed by atoms with E-state index in [4.69, 9.17) is 27.9 Å². The lowest BCUT2D eigenvalue weighted by Gasteiger charge is -2.44. The maximum absolute atomic E-state index is 12.9. The number of hydrogen-bond donors (Lipinski definition) is 1. The summed E-state index contributed by atoms with van der Waals surface area (Å²) in [7, 11) is 3.00. The van der Waals surface area contributed by atoms with Crippen LogP contribution in [0.15, 0.2) is 53.3 Å². The predicted octanol–water partition coefficient (Wildman–Crippen LogP) is 3.50. The number of amides is 1. The molecule has 2 heterocycles. The normalized spacial score (nSPS) is 17.5. The number of methoxy groups -OCH3 is 1. The zero-order valence-electron chi connectivity index (χ0n) is 17.0. The van der Waals surface area contributed by atoms with Crippen LogP contribution in [0.4, 0.5) is 5.95 Å². The molecule has 1 aliphatic rings. The van der Waals surface area contributed by atoms with Gasteiger partial charge in [-0.25, -0.2) is 9.99 Å². The van der Waals surface area contributed by atoms with Crippen molar-refractivity contribution in [1.29, 1.82) is 5.26 Å². The molecule has 0 spiro atoms. The van der Waals surface area contributed by atoms with E-state index < -0.39 is 17.0 Å². The Morgan fingerprint density at radius 3 is 2.47 bits per heavy atom. The van der Waals surface area contributed by atoms with E-state index in [9.17, 15) is 14.9 Å². The molecular formula is C22H17Cl2N5O3. The van der Waals surface area contributed by atoms with Crippen molar-refractivity contribution in [3.05, 3.63) is 75.0 Å². The molecule has 1 N–H and O–H groups in total. The van der Waals surface area contributed by atoms with Crippen LogP contribution in [-0.2, 0) is 11.8 Å². The van der Waals surface area contributed by atoms with Crippen molar-refractivity contribution >= 4 is 35.1 Å². The van der Waals surface area contributed by atoms with E-state index in [0.29, 0.717) is 21.9 Å². The maximum atomic E-state index is 12.9. The van der Waals surface area contributed by atoms with E-state index in [0.717, 1.165) is 0 Å². The molecule has 0 radical (unpaired) electrons. The Bertz CT molecular complexity index is 1300. The van der Waals surface area contributed by atoms with Crippen molar-refractivity contribution in [3.8, 4) is 23.1 Å². The molecule has 2 atom stereocenters. The number of rotatable bonds is 5. The fourth-order valence-corrected chi connectivity index (χ4v) is 4.06.